The molecule has 1 aliphatic carbocycles. The molecule has 0 spiro atoms. The summed E-state index contributed by atoms with van der Waals surface area (Å²) in [6.45, 7) is 4.34. The maximum atomic E-state index is 8.54. The van der Waals surface area contributed by atoms with Crippen LogP contribution in [-0.4, -0.2) is 30.1 Å². The molecule has 3 nitrogen and oxygen atoms in total. The predicted octanol–water partition coefficient (Wildman–Crippen LogP) is 1.10. The molecule has 1 atom stereocenters. The first-order valence-corrected chi connectivity index (χ1v) is 5.17. The monoisotopic (exact) mass is 181 g/mol. The minimum absolute atomic E-state index is 0.280. The Kier molecular flexibility index (Phi) is 4.20. The minimum Gasteiger partial charge on any atom is -0.316 e. The predicted molar refractivity (Wildman–Crippen MR) is 53.1 cm³/mol. The smallest absolute Gasteiger partial charge is 0.0940 e. The van der Waals surface area contributed by atoms with Gasteiger partial charge < -0.3 is 10.6 Å². The first kappa shape index (κ1) is 10.5. The molecule has 0 aromatic rings. The standard InChI is InChI=1S/C10H19N3/c1-2-6-13(10-3-4-10)7-5-9(12)8-11/h9-10H,2-7,12H2,1H3. The van der Waals surface area contributed by atoms with E-state index < -0.39 is 0 Å². The van der Waals surface area contributed by atoms with Gasteiger partial charge in [0.05, 0.1) is 12.1 Å². The molecule has 0 aliphatic heterocycles. The van der Waals surface area contributed by atoms with Gasteiger partial charge in [0.2, 0.25) is 0 Å². The molecule has 0 saturated heterocycles. The van der Waals surface area contributed by atoms with E-state index in [0.29, 0.717) is 0 Å². The first-order valence-electron chi connectivity index (χ1n) is 5.17. The second kappa shape index (κ2) is 5.21. The topological polar surface area (TPSA) is 53.0 Å². The highest BCUT2D eigenvalue weighted by Crippen LogP contribution is 2.26. The van der Waals surface area contributed by atoms with Crippen LogP contribution in [0.3, 0.4) is 0 Å². The van der Waals surface area contributed by atoms with Gasteiger partial charge in [0, 0.05) is 12.6 Å². The normalized spacial score (nSPS) is 18.6. The van der Waals surface area contributed by atoms with E-state index >= 15 is 0 Å². The zero-order valence-corrected chi connectivity index (χ0v) is 8.37. The highest BCUT2D eigenvalue weighted by molar-refractivity contribution is 4.89. The summed E-state index contributed by atoms with van der Waals surface area (Å²) in [6.07, 6.45) is 4.68. The van der Waals surface area contributed by atoms with E-state index in [-0.39, 0.29) is 6.04 Å². The van der Waals surface area contributed by atoms with Gasteiger partial charge >= 0.3 is 0 Å². The van der Waals surface area contributed by atoms with E-state index in [1.165, 1.54) is 19.3 Å². The molecule has 0 bridgehead atoms. The lowest BCUT2D eigenvalue weighted by Crippen LogP contribution is -2.32. The fourth-order valence-electron chi connectivity index (χ4n) is 1.57. The fourth-order valence-corrected chi connectivity index (χ4v) is 1.57. The number of rotatable bonds is 6. The molecule has 2 N–H and O–H groups in total. The number of nitrogens with two attached hydrogens (primary N) is 1. The Morgan fingerprint density at radius 2 is 2.23 bits per heavy atom. The molecule has 1 saturated carbocycles. The summed E-state index contributed by atoms with van der Waals surface area (Å²) in [5.41, 5.74) is 5.55. The molecular weight excluding hydrogens is 162 g/mol. The molecule has 74 valence electrons. The zero-order valence-electron chi connectivity index (χ0n) is 8.37. The van der Waals surface area contributed by atoms with E-state index in [1.54, 1.807) is 0 Å². The van der Waals surface area contributed by atoms with Gasteiger partial charge in [-0.3, -0.25) is 0 Å². The lowest BCUT2D eigenvalue weighted by atomic mass is 10.2. The van der Waals surface area contributed by atoms with Crippen LogP contribution in [0.25, 0.3) is 0 Å². The van der Waals surface area contributed by atoms with Crippen molar-refractivity contribution in [2.24, 2.45) is 5.73 Å². The van der Waals surface area contributed by atoms with Crippen molar-refractivity contribution in [2.75, 3.05) is 13.1 Å². The molecule has 0 aromatic carbocycles. The lowest BCUT2D eigenvalue weighted by molar-refractivity contribution is 0.258. The van der Waals surface area contributed by atoms with Gasteiger partial charge in [0.15, 0.2) is 0 Å². The number of hydrogen-bond acceptors (Lipinski definition) is 3. The maximum Gasteiger partial charge on any atom is 0.0940 e. The molecular formula is C10H19N3. The average Bonchev–Trinajstić information content (AvgIpc) is 2.94. The molecule has 1 fully saturated rings. The van der Waals surface area contributed by atoms with E-state index in [1.807, 2.05) is 0 Å². The van der Waals surface area contributed by atoms with Crippen molar-refractivity contribution in [3.63, 3.8) is 0 Å². The van der Waals surface area contributed by atoms with Crippen molar-refractivity contribution in [1.82, 2.24) is 4.90 Å². The summed E-state index contributed by atoms with van der Waals surface area (Å²) in [5.74, 6) is 0. The van der Waals surface area contributed by atoms with Crippen LogP contribution in [0.5, 0.6) is 0 Å². The van der Waals surface area contributed by atoms with Gasteiger partial charge in [0.1, 0.15) is 0 Å². The summed E-state index contributed by atoms with van der Waals surface area (Å²) in [4.78, 5) is 2.47. The van der Waals surface area contributed by atoms with E-state index in [4.69, 9.17) is 11.0 Å². The van der Waals surface area contributed by atoms with Crippen molar-refractivity contribution in [3.8, 4) is 6.07 Å². The van der Waals surface area contributed by atoms with Crippen LogP contribution in [0, 0.1) is 11.3 Å². The Morgan fingerprint density at radius 1 is 1.54 bits per heavy atom. The van der Waals surface area contributed by atoms with Crippen molar-refractivity contribution < 1.29 is 0 Å². The average molecular weight is 181 g/mol. The largest absolute Gasteiger partial charge is 0.316 e. The van der Waals surface area contributed by atoms with Crippen LogP contribution in [0.15, 0.2) is 0 Å². The van der Waals surface area contributed by atoms with Crippen molar-refractivity contribution in [2.45, 2.75) is 44.7 Å². The summed E-state index contributed by atoms with van der Waals surface area (Å²) in [6, 6.07) is 2.59. The Balaban J connectivity index is 2.18. The number of hydrogen-bond donors (Lipinski definition) is 1. The molecule has 3 heteroatoms. The summed E-state index contributed by atoms with van der Waals surface area (Å²) < 4.78 is 0. The minimum atomic E-state index is -0.280. The zero-order chi connectivity index (χ0) is 9.68. The van der Waals surface area contributed by atoms with Crippen molar-refractivity contribution in [1.29, 1.82) is 5.26 Å². The molecule has 1 rings (SSSR count). The second-order valence-electron chi connectivity index (χ2n) is 3.79. The molecule has 0 radical (unpaired) electrons. The van der Waals surface area contributed by atoms with Crippen molar-refractivity contribution in [3.05, 3.63) is 0 Å². The van der Waals surface area contributed by atoms with Crippen LogP contribution < -0.4 is 5.73 Å². The molecule has 1 aliphatic rings. The van der Waals surface area contributed by atoms with Gasteiger partial charge in [-0.25, -0.2) is 0 Å². The summed E-state index contributed by atoms with van der Waals surface area (Å²) in [5, 5.41) is 8.54. The SMILES string of the molecule is CCCN(CCC(N)C#N)C1CC1. The Hall–Kier alpha value is -0.590. The summed E-state index contributed by atoms with van der Waals surface area (Å²) >= 11 is 0. The molecule has 0 heterocycles. The van der Waals surface area contributed by atoms with Gasteiger partial charge in [-0.05, 0) is 32.2 Å². The molecule has 1 unspecified atom stereocenters. The third-order valence-corrected chi connectivity index (χ3v) is 2.47. The van der Waals surface area contributed by atoms with Crippen LogP contribution in [0.2, 0.25) is 0 Å². The number of nitriles is 1. The highest BCUT2D eigenvalue weighted by Gasteiger charge is 2.27. The number of nitrogens with zero attached hydrogens (tertiary/aromatic N) is 2. The molecule has 0 amide bonds. The Bertz CT molecular complexity index is 181. The third-order valence-electron chi connectivity index (χ3n) is 2.47. The highest BCUT2D eigenvalue weighted by atomic mass is 15.2. The van der Waals surface area contributed by atoms with E-state index in [0.717, 1.165) is 25.6 Å². The van der Waals surface area contributed by atoms with Crippen LogP contribution in [0.1, 0.15) is 32.6 Å². The Morgan fingerprint density at radius 3 is 2.69 bits per heavy atom. The van der Waals surface area contributed by atoms with E-state index in [2.05, 4.69) is 17.9 Å². The lowest BCUT2D eigenvalue weighted by Gasteiger charge is -2.21. The quantitative estimate of drug-likeness (QED) is 0.667. The van der Waals surface area contributed by atoms with Gasteiger partial charge in [-0.15, -0.1) is 0 Å². The van der Waals surface area contributed by atoms with Crippen LogP contribution in [0.4, 0.5) is 0 Å². The molecule has 13 heavy (non-hydrogen) atoms. The fraction of sp³-hybridized carbons (Fsp3) is 0.900. The van der Waals surface area contributed by atoms with Crippen LogP contribution in [-0.2, 0) is 0 Å². The second-order valence-corrected chi connectivity index (χ2v) is 3.79. The molecule has 0 aromatic heterocycles. The van der Waals surface area contributed by atoms with Gasteiger partial charge in [0.25, 0.3) is 0 Å². The maximum absolute atomic E-state index is 8.54. The van der Waals surface area contributed by atoms with Gasteiger partial charge in [-0.2, -0.15) is 5.26 Å². The van der Waals surface area contributed by atoms with Crippen molar-refractivity contribution >= 4 is 0 Å². The first-order chi connectivity index (χ1) is 6.27. The Labute approximate surface area is 80.5 Å². The summed E-state index contributed by atoms with van der Waals surface area (Å²) in [7, 11) is 0. The van der Waals surface area contributed by atoms with Gasteiger partial charge in [-0.1, -0.05) is 6.92 Å². The van der Waals surface area contributed by atoms with Crippen LogP contribution >= 0.6 is 0 Å². The van der Waals surface area contributed by atoms with E-state index in [9.17, 15) is 0 Å². The third kappa shape index (κ3) is 3.75.